The van der Waals surface area contributed by atoms with Gasteiger partial charge in [0.2, 0.25) is 7.37 Å². The van der Waals surface area contributed by atoms with Gasteiger partial charge in [0.05, 0.1) is 0 Å². The van der Waals surface area contributed by atoms with Gasteiger partial charge in [-0.05, 0) is 22.3 Å². The fourth-order valence-electron chi connectivity index (χ4n) is 0.503. The van der Waals surface area contributed by atoms with Gasteiger partial charge in [-0.2, -0.15) is 0 Å². The van der Waals surface area contributed by atoms with Gasteiger partial charge in [0.1, 0.15) is 0 Å². The lowest BCUT2D eigenvalue weighted by Gasteiger charge is -1.97. The lowest BCUT2D eigenvalue weighted by atomic mass is 11.0. The fraction of sp³-hybridized carbons (Fsp3) is 0.500. The van der Waals surface area contributed by atoms with Gasteiger partial charge >= 0.3 is 0 Å². The molecule has 0 saturated carbocycles. The molecule has 0 rings (SSSR count). The zero-order valence-corrected chi connectivity index (χ0v) is 10.4. The summed E-state index contributed by atoms with van der Waals surface area (Å²) in [6.45, 7) is 4.00. The molecule has 0 heterocycles. The van der Waals surface area contributed by atoms with E-state index in [9.17, 15) is 9.46 Å². The lowest BCUT2D eigenvalue weighted by Crippen LogP contribution is -1.67. The van der Waals surface area contributed by atoms with Crippen LogP contribution < -0.4 is 0 Å². The zero-order valence-electron chi connectivity index (χ0n) is 7.84. The first-order chi connectivity index (χ1) is 6.12. The van der Waals surface area contributed by atoms with Gasteiger partial charge < -0.3 is 4.89 Å². The van der Waals surface area contributed by atoms with Crippen LogP contribution in [0.2, 0.25) is 0 Å². The third kappa shape index (κ3) is 8.69. The Morgan fingerprint density at radius 2 is 1.54 bits per heavy atom. The summed E-state index contributed by atoms with van der Waals surface area (Å²) in [7, 11) is -3.15. The number of hydrogen-bond acceptors (Lipinski definition) is 3. The highest BCUT2D eigenvalue weighted by Crippen LogP contribution is 2.45. The molecule has 0 aliphatic rings. The first-order valence-corrected chi connectivity index (χ1v) is 7.92. The Hall–Kier alpha value is 0.370. The topological polar surface area (TPSA) is 37.3 Å². The normalized spacial score (nSPS) is 16.8. The van der Waals surface area contributed by atoms with Crippen LogP contribution in [0.1, 0.15) is 13.8 Å². The Morgan fingerprint density at radius 3 is 1.85 bits per heavy atom. The minimum absolute atomic E-state index is 0.921. The van der Waals surface area contributed by atoms with Crippen LogP contribution in [0.25, 0.3) is 0 Å². The molecule has 0 radical (unpaired) electrons. The summed E-state index contributed by atoms with van der Waals surface area (Å²) < 4.78 is 11.3. The molecule has 0 aromatic carbocycles. The maximum absolute atomic E-state index is 11.3. The van der Waals surface area contributed by atoms with Gasteiger partial charge in [0.15, 0.2) is 0 Å². The highest BCUT2D eigenvalue weighted by atomic mass is 32.2. The molecule has 1 N–H and O–H groups in total. The fourth-order valence-corrected chi connectivity index (χ4v) is 3.07. The van der Waals surface area contributed by atoms with E-state index in [0.717, 1.165) is 11.5 Å². The number of thioether (sulfide) groups is 2. The summed E-state index contributed by atoms with van der Waals surface area (Å²) in [5.74, 6) is 4.58. The molecule has 0 spiro atoms. The highest BCUT2D eigenvalue weighted by Gasteiger charge is 2.06. The van der Waals surface area contributed by atoms with E-state index >= 15 is 0 Å². The minimum atomic E-state index is -3.15. The van der Waals surface area contributed by atoms with Gasteiger partial charge in [-0.3, -0.25) is 4.57 Å². The Bertz CT molecular complexity index is 206. The Kier molecular flexibility index (Phi) is 7.96. The second-order valence-corrected chi connectivity index (χ2v) is 6.46. The van der Waals surface area contributed by atoms with Crippen molar-refractivity contribution < 1.29 is 9.46 Å². The van der Waals surface area contributed by atoms with Crippen LogP contribution in [0.5, 0.6) is 0 Å². The van der Waals surface area contributed by atoms with E-state index in [4.69, 9.17) is 0 Å². The van der Waals surface area contributed by atoms with Crippen molar-refractivity contribution in [2.45, 2.75) is 13.8 Å². The SMILES string of the molecule is CCSC=CP(=O)(O)C=CSCC. The van der Waals surface area contributed by atoms with E-state index in [1.807, 2.05) is 13.8 Å². The predicted octanol–water partition coefficient (Wildman–Crippen LogP) is 3.71. The molecule has 0 amide bonds. The van der Waals surface area contributed by atoms with Gasteiger partial charge in [0, 0.05) is 11.6 Å². The van der Waals surface area contributed by atoms with E-state index < -0.39 is 7.37 Å². The summed E-state index contributed by atoms with van der Waals surface area (Å²) in [6.07, 6.45) is 0. The monoisotopic (exact) mass is 238 g/mol. The van der Waals surface area contributed by atoms with E-state index in [1.54, 1.807) is 10.8 Å². The first-order valence-electron chi connectivity index (χ1n) is 4.03. The third-order valence-corrected chi connectivity index (χ3v) is 3.95. The minimum Gasteiger partial charge on any atom is -0.339 e. The third-order valence-electron chi connectivity index (χ3n) is 1.07. The largest absolute Gasteiger partial charge is 0.339 e. The maximum Gasteiger partial charge on any atom is 0.245 e. The van der Waals surface area contributed by atoms with E-state index in [1.165, 1.54) is 35.2 Å². The first kappa shape index (κ1) is 13.4. The van der Waals surface area contributed by atoms with Crippen LogP contribution >= 0.6 is 30.9 Å². The van der Waals surface area contributed by atoms with Crippen molar-refractivity contribution >= 4 is 30.9 Å². The summed E-state index contributed by atoms with van der Waals surface area (Å²) >= 11 is 3.04. The van der Waals surface area contributed by atoms with Gasteiger partial charge in [-0.1, -0.05) is 13.8 Å². The molecule has 0 aromatic rings. The molecule has 0 aromatic heterocycles. The van der Waals surface area contributed by atoms with Crippen LogP contribution in [0.4, 0.5) is 0 Å². The smallest absolute Gasteiger partial charge is 0.245 e. The maximum atomic E-state index is 11.3. The molecule has 0 fully saturated rings. The van der Waals surface area contributed by atoms with Crippen molar-refractivity contribution in [1.82, 2.24) is 0 Å². The van der Waals surface area contributed by atoms with Crippen molar-refractivity contribution in [1.29, 1.82) is 0 Å². The number of hydrogen-bond donors (Lipinski definition) is 1. The predicted molar refractivity (Wildman–Crippen MR) is 64.4 cm³/mol. The molecule has 0 unspecified atom stereocenters. The Morgan fingerprint density at radius 1 is 1.15 bits per heavy atom. The lowest BCUT2D eigenvalue weighted by molar-refractivity contribution is 0.499. The van der Waals surface area contributed by atoms with Crippen LogP contribution in [0, 0.1) is 0 Å². The molecule has 0 saturated heterocycles. The van der Waals surface area contributed by atoms with Gasteiger partial charge in [-0.15, -0.1) is 23.5 Å². The summed E-state index contributed by atoms with van der Waals surface area (Å²) in [6, 6.07) is 0. The summed E-state index contributed by atoms with van der Waals surface area (Å²) in [4.78, 5) is 9.32. The quantitative estimate of drug-likeness (QED) is 0.716. The molecule has 5 heteroatoms. The molecule has 0 aliphatic carbocycles. The second kappa shape index (κ2) is 7.74. The molecule has 0 bridgehead atoms. The van der Waals surface area contributed by atoms with E-state index in [-0.39, 0.29) is 0 Å². The average Bonchev–Trinajstić information content (AvgIpc) is 2.05. The molecule has 0 atom stereocenters. The van der Waals surface area contributed by atoms with Crippen molar-refractivity contribution in [3.8, 4) is 0 Å². The van der Waals surface area contributed by atoms with Crippen LogP contribution in [0.15, 0.2) is 22.5 Å². The van der Waals surface area contributed by atoms with Gasteiger partial charge in [0.25, 0.3) is 0 Å². The molecule has 0 aliphatic heterocycles. The highest BCUT2D eigenvalue weighted by molar-refractivity contribution is 8.02. The molecular weight excluding hydrogens is 223 g/mol. The summed E-state index contributed by atoms with van der Waals surface area (Å²) in [5, 5.41) is 3.36. The molecular formula is C8H15O2PS2. The van der Waals surface area contributed by atoms with Crippen molar-refractivity contribution in [2.24, 2.45) is 0 Å². The number of rotatable bonds is 6. The average molecular weight is 238 g/mol. The van der Waals surface area contributed by atoms with E-state index in [0.29, 0.717) is 0 Å². The second-order valence-electron chi connectivity index (χ2n) is 2.15. The molecule has 2 nitrogen and oxygen atoms in total. The summed E-state index contributed by atoms with van der Waals surface area (Å²) in [5.41, 5.74) is 0. The van der Waals surface area contributed by atoms with E-state index in [2.05, 4.69) is 0 Å². The standard InChI is InChI=1S/C8H15O2PS2/c1-3-12-7-5-11(9,10)6-8-13-4-2/h5-8H,3-4H2,1-2H3,(H,9,10). The van der Waals surface area contributed by atoms with Crippen molar-refractivity contribution in [3.05, 3.63) is 22.5 Å². The van der Waals surface area contributed by atoms with Crippen molar-refractivity contribution in [3.63, 3.8) is 0 Å². The molecule has 13 heavy (non-hydrogen) atoms. The molecule has 76 valence electrons. The Labute approximate surface area is 88.3 Å². The Balaban J connectivity index is 4.00. The van der Waals surface area contributed by atoms with Crippen LogP contribution in [-0.2, 0) is 4.57 Å². The zero-order chi connectivity index (χ0) is 10.2. The van der Waals surface area contributed by atoms with Gasteiger partial charge in [-0.25, -0.2) is 0 Å². The van der Waals surface area contributed by atoms with Crippen LogP contribution in [-0.4, -0.2) is 16.4 Å². The van der Waals surface area contributed by atoms with Crippen LogP contribution in [0.3, 0.4) is 0 Å². The van der Waals surface area contributed by atoms with Crippen molar-refractivity contribution in [2.75, 3.05) is 11.5 Å².